The summed E-state index contributed by atoms with van der Waals surface area (Å²) in [6, 6.07) is 6.17. The predicted octanol–water partition coefficient (Wildman–Crippen LogP) is 2.24. The summed E-state index contributed by atoms with van der Waals surface area (Å²) >= 11 is 0. The van der Waals surface area contributed by atoms with E-state index in [2.05, 4.69) is 5.92 Å². The van der Waals surface area contributed by atoms with Gasteiger partial charge in [0.25, 0.3) is 5.69 Å². The van der Waals surface area contributed by atoms with Gasteiger partial charge in [-0.1, -0.05) is 5.92 Å². The molecule has 64 valence electrons. The van der Waals surface area contributed by atoms with Gasteiger partial charge < -0.3 is 0 Å². The Labute approximate surface area is 75.9 Å². The number of non-ortho nitro benzene ring substituents is 1. The molecule has 0 unspecified atom stereocenters. The summed E-state index contributed by atoms with van der Waals surface area (Å²) in [6.45, 7) is 0. The van der Waals surface area contributed by atoms with E-state index >= 15 is 0 Å². The van der Waals surface area contributed by atoms with Crippen LogP contribution in [0.1, 0.15) is 5.56 Å². The monoisotopic (exact) mass is 173 g/mol. The zero-order valence-electron chi connectivity index (χ0n) is 6.81. The fraction of sp³-hybridized carbons (Fsp3) is 0. The van der Waals surface area contributed by atoms with Crippen molar-refractivity contribution in [3.8, 4) is 12.3 Å². The second kappa shape index (κ2) is 4.07. The highest BCUT2D eigenvalue weighted by molar-refractivity contribution is 5.54. The highest BCUT2D eigenvalue weighted by Crippen LogP contribution is 2.12. The van der Waals surface area contributed by atoms with Crippen molar-refractivity contribution in [2.75, 3.05) is 0 Å². The van der Waals surface area contributed by atoms with E-state index in [0.29, 0.717) is 0 Å². The molecule has 0 atom stereocenters. The molecule has 0 amide bonds. The SMILES string of the molecule is C#CC=Cc1ccc([N+](=O)[O-])cc1. The second-order valence-corrected chi connectivity index (χ2v) is 2.35. The minimum absolute atomic E-state index is 0.0813. The summed E-state index contributed by atoms with van der Waals surface area (Å²) < 4.78 is 0. The van der Waals surface area contributed by atoms with E-state index in [0.717, 1.165) is 5.56 Å². The van der Waals surface area contributed by atoms with Gasteiger partial charge in [-0.05, 0) is 29.8 Å². The van der Waals surface area contributed by atoms with E-state index < -0.39 is 4.92 Å². The lowest BCUT2D eigenvalue weighted by molar-refractivity contribution is -0.384. The lowest BCUT2D eigenvalue weighted by Crippen LogP contribution is -1.86. The van der Waals surface area contributed by atoms with Gasteiger partial charge in [0, 0.05) is 12.1 Å². The van der Waals surface area contributed by atoms with Crippen LogP contribution in [0.4, 0.5) is 5.69 Å². The van der Waals surface area contributed by atoms with Crippen LogP contribution in [0.3, 0.4) is 0 Å². The summed E-state index contributed by atoms with van der Waals surface area (Å²) in [6.07, 6.45) is 8.26. The fourth-order valence-electron chi connectivity index (χ4n) is 0.851. The molecule has 0 aliphatic rings. The highest BCUT2D eigenvalue weighted by Gasteiger charge is 2.01. The Hall–Kier alpha value is -2.08. The molecule has 0 aliphatic heterocycles. The van der Waals surface area contributed by atoms with Crippen molar-refractivity contribution in [3.63, 3.8) is 0 Å². The lowest BCUT2D eigenvalue weighted by Gasteiger charge is -1.91. The Balaban J connectivity index is 2.89. The van der Waals surface area contributed by atoms with Crippen LogP contribution in [0.15, 0.2) is 30.3 Å². The first-order valence-corrected chi connectivity index (χ1v) is 3.61. The number of nitro groups is 1. The third-order valence-electron chi connectivity index (χ3n) is 1.48. The molecule has 3 heteroatoms. The third-order valence-corrected chi connectivity index (χ3v) is 1.48. The van der Waals surface area contributed by atoms with Gasteiger partial charge in [-0.15, -0.1) is 6.42 Å². The van der Waals surface area contributed by atoms with Crippen molar-refractivity contribution in [2.24, 2.45) is 0 Å². The summed E-state index contributed by atoms with van der Waals surface area (Å²) in [4.78, 5) is 9.85. The highest BCUT2D eigenvalue weighted by atomic mass is 16.6. The van der Waals surface area contributed by atoms with Crippen LogP contribution in [-0.2, 0) is 0 Å². The van der Waals surface area contributed by atoms with Crippen molar-refractivity contribution in [1.29, 1.82) is 0 Å². The van der Waals surface area contributed by atoms with Crippen molar-refractivity contribution in [3.05, 3.63) is 46.0 Å². The van der Waals surface area contributed by atoms with Gasteiger partial charge in [0.1, 0.15) is 0 Å². The summed E-state index contributed by atoms with van der Waals surface area (Å²) in [5.41, 5.74) is 0.932. The van der Waals surface area contributed by atoms with Crippen molar-refractivity contribution in [1.82, 2.24) is 0 Å². The molecule has 1 aromatic carbocycles. The zero-order valence-corrected chi connectivity index (χ0v) is 6.81. The van der Waals surface area contributed by atoms with E-state index in [1.54, 1.807) is 24.3 Å². The summed E-state index contributed by atoms with van der Waals surface area (Å²) in [5, 5.41) is 10.3. The number of terminal acetylenes is 1. The lowest BCUT2D eigenvalue weighted by atomic mass is 10.2. The molecular formula is C10H7NO2. The first kappa shape index (κ1) is 9.01. The van der Waals surface area contributed by atoms with Gasteiger partial charge in [0.15, 0.2) is 0 Å². The van der Waals surface area contributed by atoms with Gasteiger partial charge in [-0.2, -0.15) is 0 Å². The smallest absolute Gasteiger partial charge is 0.258 e. The molecule has 13 heavy (non-hydrogen) atoms. The Morgan fingerprint density at radius 3 is 2.46 bits per heavy atom. The van der Waals surface area contributed by atoms with E-state index in [4.69, 9.17) is 6.42 Å². The van der Waals surface area contributed by atoms with E-state index in [9.17, 15) is 10.1 Å². The Morgan fingerprint density at radius 1 is 1.38 bits per heavy atom. The number of benzene rings is 1. The van der Waals surface area contributed by atoms with E-state index in [1.807, 2.05) is 0 Å². The van der Waals surface area contributed by atoms with Crippen LogP contribution >= 0.6 is 0 Å². The standard InChI is InChI=1S/C10H7NO2/c1-2-3-4-9-5-7-10(8-6-9)11(12)13/h1,3-8H. The predicted molar refractivity (Wildman–Crippen MR) is 51.0 cm³/mol. The zero-order chi connectivity index (χ0) is 9.68. The fourth-order valence-corrected chi connectivity index (χ4v) is 0.851. The maximum atomic E-state index is 10.3. The molecule has 1 rings (SSSR count). The first-order valence-electron chi connectivity index (χ1n) is 3.61. The van der Waals surface area contributed by atoms with Crippen LogP contribution in [0, 0.1) is 22.5 Å². The van der Waals surface area contributed by atoms with Gasteiger partial charge in [0.2, 0.25) is 0 Å². The number of nitro benzene ring substituents is 1. The van der Waals surface area contributed by atoms with Crippen molar-refractivity contribution in [2.45, 2.75) is 0 Å². The molecule has 0 N–H and O–H groups in total. The van der Waals surface area contributed by atoms with Crippen molar-refractivity contribution >= 4 is 11.8 Å². The maximum Gasteiger partial charge on any atom is 0.269 e. The largest absolute Gasteiger partial charge is 0.269 e. The van der Waals surface area contributed by atoms with Crippen LogP contribution in [0.25, 0.3) is 6.08 Å². The Morgan fingerprint density at radius 2 is 2.00 bits per heavy atom. The van der Waals surface area contributed by atoms with Crippen LogP contribution in [-0.4, -0.2) is 4.92 Å². The molecule has 0 fully saturated rings. The molecule has 0 spiro atoms. The number of rotatable bonds is 2. The van der Waals surface area contributed by atoms with Crippen LogP contribution < -0.4 is 0 Å². The summed E-state index contributed by atoms with van der Waals surface area (Å²) in [7, 11) is 0. The normalized spacial score (nSPS) is 9.77. The van der Waals surface area contributed by atoms with E-state index in [-0.39, 0.29) is 5.69 Å². The number of hydrogen-bond donors (Lipinski definition) is 0. The second-order valence-electron chi connectivity index (χ2n) is 2.35. The number of allylic oxidation sites excluding steroid dienone is 1. The molecule has 0 bridgehead atoms. The molecular weight excluding hydrogens is 166 g/mol. The number of nitrogens with zero attached hydrogens (tertiary/aromatic N) is 1. The molecule has 0 radical (unpaired) electrons. The van der Waals surface area contributed by atoms with Gasteiger partial charge in [0.05, 0.1) is 4.92 Å². The van der Waals surface area contributed by atoms with Gasteiger partial charge in [-0.25, -0.2) is 0 Å². The Kier molecular flexibility index (Phi) is 2.82. The van der Waals surface area contributed by atoms with Crippen LogP contribution in [0.2, 0.25) is 0 Å². The Bertz CT molecular complexity index is 371. The van der Waals surface area contributed by atoms with Crippen molar-refractivity contribution < 1.29 is 4.92 Å². The topological polar surface area (TPSA) is 43.1 Å². The molecule has 0 aromatic heterocycles. The van der Waals surface area contributed by atoms with E-state index in [1.165, 1.54) is 12.1 Å². The number of hydrogen-bond acceptors (Lipinski definition) is 2. The molecule has 0 saturated carbocycles. The average Bonchev–Trinajstić information content (AvgIpc) is 2.15. The quantitative estimate of drug-likeness (QED) is 0.391. The van der Waals surface area contributed by atoms with Gasteiger partial charge in [-0.3, -0.25) is 10.1 Å². The molecule has 3 nitrogen and oxygen atoms in total. The summed E-state index contributed by atoms with van der Waals surface area (Å²) in [5.74, 6) is 2.34. The average molecular weight is 173 g/mol. The molecule has 0 aliphatic carbocycles. The third kappa shape index (κ3) is 2.46. The minimum Gasteiger partial charge on any atom is -0.258 e. The molecule has 0 heterocycles. The molecule has 1 aromatic rings. The molecule has 0 saturated heterocycles. The first-order chi connectivity index (χ1) is 6.24. The van der Waals surface area contributed by atoms with Gasteiger partial charge >= 0.3 is 0 Å². The minimum atomic E-state index is -0.436. The van der Waals surface area contributed by atoms with Crippen LogP contribution in [0.5, 0.6) is 0 Å². The maximum absolute atomic E-state index is 10.3.